The number of aliphatic hydroxyl groups is 2. The third-order valence-electron chi connectivity index (χ3n) is 8.16. The second kappa shape index (κ2) is 20.8. The number of rotatable bonds is 19. The summed E-state index contributed by atoms with van der Waals surface area (Å²) in [7, 11) is 0. The Morgan fingerprint density at radius 3 is 2.44 bits per heavy atom. The van der Waals surface area contributed by atoms with Crippen LogP contribution in [-0.2, 0) is 33.9 Å². The fourth-order valence-electron chi connectivity index (χ4n) is 5.63. The number of hydrogen-bond donors (Lipinski definition) is 5. The van der Waals surface area contributed by atoms with Crippen LogP contribution in [0.15, 0.2) is 42.5 Å². The molecule has 0 spiro atoms. The summed E-state index contributed by atoms with van der Waals surface area (Å²) in [5, 5.41) is 36.7. The highest BCUT2D eigenvalue weighted by Gasteiger charge is 2.28. The zero-order valence-corrected chi connectivity index (χ0v) is 26.8. The highest BCUT2D eigenvalue weighted by Crippen LogP contribution is 2.24. The molecule has 0 aromatic heterocycles. The van der Waals surface area contributed by atoms with Gasteiger partial charge in [-0.1, -0.05) is 62.4 Å². The van der Waals surface area contributed by atoms with Crippen molar-refractivity contribution in [3.05, 3.63) is 64.7 Å². The largest absolute Gasteiger partial charge is 0.508 e. The number of nitrogens with one attached hydrogen (secondary N) is 2. The van der Waals surface area contributed by atoms with E-state index in [0.717, 1.165) is 102 Å². The summed E-state index contributed by atoms with van der Waals surface area (Å²) >= 11 is 0. The molecule has 1 aliphatic rings. The van der Waals surface area contributed by atoms with Crippen LogP contribution in [0.1, 0.15) is 106 Å². The molecule has 0 heterocycles. The first-order chi connectivity index (χ1) is 21.9. The van der Waals surface area contributed by atoms with Gasteiger partial charge in [-0.25, -0.2) is 4.79 Å². The zero-order valence-electron chi connectivity index (χ0n) is 26.8. The second-order valence-corrected chi connectivity index (χ2v) is 11.9. The van der Waals surface area contributed by atoms with Crippen molar-refractivity contribution in [2.75, 3.05) is 26.3 Å². The number of unbranched alkanes of at least 4 members (excludes halogenated alkanes) is 4. The van der Waals surface area contributed by atoms with Crippen molar-refractivity contribution in [3.8, 4) is 5.75 Å². The quantitative estimate of drug-likeness (QED) is 0.103. The Balaban J connectivity index is 1.19. The monoisotopic (exact) mass is 627 g/mol. The lowest BCUT2D eigenvalue weighted by molar-refractivity contribution is -0.184. The van der Waals surface area contributed by atoms with E-state index in [-0.39, 0.29) is 24.4 Å². The van der Waals surface area contributed by atoms with Crippen LogP contribution in [0.5, 0.6) is 5.75 Å². The van der Waals surface area contributed by atoms with Gasteiger partial charge in [-0.15, -0.1) is 0 Å². The van der Waals surface area contributed by atoms with Gasteiger partial charge in [0.25, 0.3) is 0 Å². The van der Waals surface area contributed by atoms with Crippen LogP contribution in [0.3, 0.4) is 0 Å². The van der Waals surface area contributed by atoms with E-state index in [1.807, 2.05) is 12.1 Å². The molecule has 0 radical (unpaired) electrons. The molecule has 1 saturated carbocycles. The Morgan fingerprint density at radius 2 is 1.69 bits per heavy atom. The molecule has 1 aliphatic carbocycles. The van der Waals surface area contributed by atoms with Crippen molar-refractivity contribution in [3.63, 3.8) is 0 Å². The Labute approximate surface area is 268 Å². The number of hydrogen-bond acceptors (Lipinski definition) is 8. The van der Waals surface area contributed by atoms with E-state index in [1.165, 1.54) is 23.6 Å². The van der Waals surface area contributed by atoms with Crippen LogP contribution in [0.25, 0.3) is 0 Å². The van der Waals surface area contributed by atoms with Gasteiger partial charge in [-0.3, -0.25) is 4.79 Å². The van der Waals surface area contributed by atoms with E-state index in [0.29, 0.717) is 24.2 Å². The zero-order chi connectivity index (χ0) is 32.3. The van der Waals surface area contributed by atoms with E-state index < -0.39 is 12.1 Å². The lowest BCUT2D eigenvalue weighted by atomic mass is 9.95. The normalized spacial score (nSPS) is 14.2. The first-order valence-electron chi connectivity index (χ1n) is 16.6. The predicted octanol–water partition coefficient (Wildman–Crippen LogP) is 5.43. The van der Waals surface area contributed by atoms with Gasteiger partial charge in [-0.2, -0.15) is 5.06 Å². The van der Waals surface area contributed by atoms with Crippen molar-refractivity contribution >= 4 is 12.0 Å². The highest BCUT2D eigenvalue weighted by atomic mass is 16.7. The second-order valence-electron chi connectivity index (χ2n) is 11.9. The molecule has 2 amide bonds. The molecule has 0 unspecified atom stereocenters. The number of carbonyl (C=O) groups is 2. The molecule has 2 aromatic carbocycles. The summed E-state index contributed by atoms with van der Waals surface area (Å²) in [6.07, 6.45) is 11.5. The smallest absolute Gasteiger partial charge is 0.351 e. The number of urea groups is 1. The van der Waals surface area contributed by atoms with Gasteiger partial charge >= 0.3 is 12.0 Å². The number of aryl methyl sites for hydroxylation is 1. The number of amides is 2. The first-order valence-corrected chi connectivity index (χ1v) is 16.6. The molecule has 5 N–H and O–H groups in total. The molecule has 0 aliphatic heterocycles. The maximum atomic E-state index is 12.8. The van der Waals surface area contributed by atoms with Gasteiger partial charge in [0.2, 0.25) is 0 Å². The van der Waals surface area contributed by atoms with E-state index in [1.54, 1.807) is 12.1 Å². The number of aliphatic hydroxyl groups excluding tert-OH is 2. The van der Waals surface area contributed by atoms with Crippen LogP contribution < -0.4 is 10.6 Å². The lowest BCUT2D eigenvalue weighted by Gasteiger charge is -2.31. The Bertz CT molecular complexity index is 1160. The summed E-state index contributed by atoms with van der Waals surface area (Å²) in [5.74, 6) is -0.445. The molecule has 10 heteroatoms. The van der Waals surface area contributed by atoms with E-state index >= 15 is 0 Å². The fourth-order valence-corrected chi connectivity index (χ4v) is 5.63. The van der Waals surface area contributed by atoms with E-state index in [9.17, 15) is 24.9 Å². The molecule has 2 aromatic rings. The molecule has 250 valence electrons. The average Bonchev–Trinajstić information content (AvgIpc) is 3.05. The molecule has 1 fully saturated rings. The molecule has 0 saturated heterocycles. The molecular formula is C35H53N3O7. The van der Waals surface area contributed by atoms with Crippen LogP contribution in [0.2, 0.25) is 0 Å². The summed E-state index contributed by atoms with van der Waals surface area (Å²) in [5.41, 5.74) is 3.34. The summed E-state index contributed by atoms with van der Waals surface area (Å²) in [4.78, 5) is 29.7. The highest BCUT2D eigenvalue weighted by molar-refractivity contribution is 5.76. The van der Waals surface area contributed by atoms with Crippen molar-refractivity contribution in [1.29, 1.82) is 0 Å². The molecular weight excluding hydrogens is 574 g/mol. The number of benzene rings is 2. The maximum absolute atomic E-state index is 12.8. The standard InChI is InChI=1S/C35H53N3O7/c1-27(40)45-38(32-15-5-4-6-16-32)35(43)37-24-29-14-11-13-28(22-29)12-7-10-21-44-20-9-3-2-8-19-36-25-34(42)30-17-18-33(41)31(23-30)26-39/h11,13-14,17-18,22-23,32,34,36,39,41-42H,2-10,12,15-16,19-21,24-26H2,1H3,(H,37,43)/t34-/m0/s1. The average molecular weight is 628 g/mol. The number of nitrogens with zero attached hydrogens (tertiary/aromatic N) is 1. The van der Waals surface area contributed by atoms with Crippen LogP contribution in [0.4, 0.5) is 4.79 Å². The number of hydroxylamine groups is 2. The first kappa shape index (κ1) is 36.3. The van der Waals surface area contributed by atoms with Gasteiger partial charge in [0.15, 0.2) is 0 Å². The Morgan fingerprint density at radius 1 is 0.956 bits per heavy atom. The van der Waals surface area contributed by atoms with Crippen LogP contribution >= 0.6 is 0 Å². The molecule has 0 bridgehead atoms. The lowest BCUT2D eigenvalue weighted by Crippen LogP contribution is -2.47. The third kappa shape index (κ3) is 13.8. The van der Waals surface area contributed by atoms with Crippen molar-refractivity contribution in [1.82, 2.24) is 15.7 Å². The summed E-state index contributed by atoms with van der Waals surface area (Å²) in [6, 6.07) is 12.6. The summed E-state index contributed by atoms with van der Waals surface area (Å²) < 4.78 is 5.82. The maximum Gasteiger partial charge on any atom is 0.351 e. The summed E-state index contributed by atoms with van der Waals surface area (Å²) in [6.45, 7) is 4.21. The minimum atomic E-state index is -0.682. The van der Waals surface area contributed by atoms with Gasteiger partial charge in [-0.05, 0) is 80.3 Å². The van der Waals surface area contributed by atoms with Crippen LogP contribution in [0, 0.1) is 0 Å². The van der Waals surface area contributed by atoms with Crippen molar-refractivity contribution in [2.45, 2.75) is 109 Å². The van der Waals surface area contributed by atoms with Gasteiger partial charge in [0.05, 0.1) is 18.8 Å². The van der Waals surface area contributed by atoms with Gasteiger partial charge in [0.1, 0.15) is 5.75 Å². The molecule has 3 rings (SSSR count). The van der Waals surface area contributed by atoms with Gasteiger partial charge < -0.3 is 35.5 Å². The SMILES string of the molecule is CC(=O)ON(C(=O)NCc1cccc(CCCCOCCCCCCNC[C@H](O)c2ccc(O)c(CO)c2)c1)C1CCCCC1. The molecule has 45 heavy (non-hydrogen) atoms. The molecule has 1 atom stereocenters. The number of phenols is 1. The topological polar surface area (TPSA) is 141 Å². The number of ether oxygens (including phenoxy) is 1. The Kier molecular flexibility index (Phi) is 16.8. The van der Waals surface area contributed by atoms with Crippen LogP contribution in [-0.4, -0.2) is 64.7 Å². The minimum Gasteiger partial charge on any atom is -0.508 e. The number of aromatic hydroxyl groups is 1. The van der Waals surface area contributed by atoms with Gasteiger partial charge in [0, 0.05) is 38.8 Å². The predicted molar refractivity (Wildman–Crippen MR) is 173 cm³/mol. The Hall–Kier alpha value is -3.18. The number of carbonyl (C=O) groups excluding carboxylic acids is 2. The van der Waals surface area contributed by atoms with Crippen molar-refractivity contribution < 1.29 is 34.5 Å². The van der Waals surface area contributed by atoms with Crippen molar-refractivity contribution in [2.24, 2.45) is 0 Å². The minimum absolute atomic E-state index is 0.0354. The fraction of sp³-hybridized carbons (Fsp3) is 0.600. The van der Waals surface area contributed by atoms with E-state index in [4.69, 9.17) is 9.57 Å². The third-order valence-corrected chi connectivity index (χ3v) is 8.16. The van der Waals surface area contributed by atoms with E-state index in [2.05, 4.69) is 22.8 Å². The molecule has 10 nitrogen and oxygen atoms in total.